The van der Waals surface area contributed by atoms with Crippen molar-refractivity contribution in [1.82, 2.24) is 5.32 Å². The molecule has 0 fully saturated rings. The number of nitrogens with one attached hydrogen (secondary N) is 1. The van der Waals surface area contributed by atoms with Gasteiger partial charge in [0.15, 0.2) is 0 Å². The maximum atomic E-state index is 12.9. The number of carbonyl (C=O) groups excluding carboxylic acids is 1. The molecule has 0 saturated carbocycles. The third-order valence-corrected chi connectivity index (χ3v) is 2.66. The molecule has 0 spiro atoms. The molecular formula is C11H12FNO2. The summed E-state index contributed by atoms with van der Waals surface area (Å²) in [6, 6.07) is 4.50. The van der Waals surface area contributed by atoms with Crippen LogP contribution in [0.4, 0.5) is 4.39 Å². The number of halogens is 1. The molecule has 0 aromatic heterocycles. The zero-order valence-electron chi connectivity index (χ0n) is 8.16. The van der Waals surface area contributed by atoms with Gasteiger partial charge in [-0.3, -0.25) is 4.79 Å². The first-order valence-electron chi connectivity index (χ1n) is 4.89. The summed E-state index contributed by atoms with van der Waals surface area (Å²) >= 11 is 0. The molecule has 3 nitrogen and oxygen atoms in total. The van der Waals surface area contributed by atoms with Gasteiger partial charge in [-0.2, -0.15) is 0 Å². The molecule has 1 unspecified atom stereocenters. The van der Waals surface area contributed by atoms with E-state index in [0.29, 0.717) is 0 Å². The highest BCUT2D eigenvalue weighted by molar-refractivity contribution is 5.77. The highest BCUT2D eigenvalue weighted by atomic mass is 19.1. The van der Waals surface area contributed by atoms with Crippen molar-refractivity contribution in [3.05, 3.63) is 35.1 Å². The predicted molar refractivity (Wildman–Crippen MR) is 52.7 cm³/mol. The topological polar surface area (TPSA) is 49.3 Å². The molecule has 1 amide bonds. The van der Waals surface area contributed by atoms with Gasteiger partial charge in [0.1, 0.15) is 12.4 Å². The molecule has 0 radical (unpaired) electrons. The van der Waals surface area contributed by atoms with Crippen LogP contribution in [-0.2, 0) is 11.2 Å². The van der Waals surface area contributed by atoms with E-state index in [1.54, 1.807) is 6.07 Å². The lowest BCUT2D eigenvalue weighted by atomic mass is 10.1. The van der Waals surface area contributed by atoms with Crippen LogP contribution in [0, 0.1) is 5.82 Å². The Bertz CT molecular complexity index is 392. The van der Waals surface area contributed by atoms with Crippen LogP contribution in [0.2, 0.25) is 0 Å². The number of amides is 1. The SMILES string of the molecule is O=C(CO)NC1CCc2cc(F)ccc21. The van der Waals surface area contributed by atoms with Crippen LogP contribution < -0.4 is 5.32 Å². The minimum Gasteiger partial charge on any atom is -0.387 e. The van der Waals surface area contributed by atoms with E-state index >= 15 is 0 Å². The quantitative estimate of drug-likeness (QED) is 0.761. The predicted octanol–water partition coefficient (Wildman–Crippen LogP) is 0.922. The van der Waals surface area contributed by atoms with Crippen molar-refractivity contribution in [3.63, 3.8) is 0 Å². The van der Waals surface area contributed by atoms with Gasteiger partial charge in [-0.15, -0.1) is 0 Å². The van der Waals surface area contributed by atoms with Gasteiger partial charge in [-0.05, 0) is 36.1 Å². The molecule has 0 saturated heterocycles. The summed E-state index contributed by atoms with van der Waals surface area (Å²) in [5.41, 5.74) is 1.90. The fourth-order valence-corrected chi connectivity index (χ4v) is 1.98. The Labute approximate surface area is 86.9 Å². The zero-order valence-corrected chi connectivity index (χ0v) is 8.16. The number of aryl methyl sites for hydroxylation is 1. The van der Waals surface area contributed by atoms with Gasteiger partial charge in [-0.1, -0.05) is 6.07 Å². The summed E-state index contributed by atoms with van der Waals surface area (Å²) < 4.78 is 12.9. The maximum Gasteiger partial charge on any atom is 0.246 e. The summed E-state index contributed by atoms with van der Waals surface area (Å²) in [5.74, 6) is -0.639. The molecule has 4 heteroatoms. The van der Waals surface area contributed by atoms with E-state index in [1.807, 2.05) is 0 Å². The van der Waals surface area contributed by atoms with Gasteiger partial charge in [0.2, 0.25) is 5.91 Å². The van der Waals surface area contributed by atoms with E-state index in [-0.39, 0.29) is 11.9 Å². The molecule has 0 aliphatic heterocycles. The smallest absolute Gasteiger partial charge is 0.246 e. The molecule has 2 N–H and O–H groups in total. The van der Waals surface area contributed by atoms with Crippen molar-refractivity contribution in [2.24, 2.45) is 0 Å². The van der Waals surface area contributed by atoms with Crippen LogP contribution >= 0.6 is 0 Å². The maximum absolute atomic E-state index is 12.9. The summed E-state index contributed by atoms with van der Waals surface area (Å²) in [6.45, 7) is -0.507. The van der Waals surface area contributed by atoms with Gasteiger partial charge in [0, 0.05) is 0 Å². The number of benzene rings is 1. The normalized spacial score (nSPS) is 18.7. The minimum absolute atomic E-state index is 0.0831. The first kappa shape index (κ1) is 10.1. The van der Waals surface area contributed by atoms with E-state index < -0.39 is 12.5 Å². The number of aliphatic hydroxyl groups is 1. The molecule has 1 aliphatic rings. The van der Waals surface area contributed by atoms with Gasteiger partial charge < -0.3 is 10.4 Å². The minimum atomic E-state index is -0.507. The molecular weight excluding hydrogens is 197 g/mol. The largest absolute Gasteiger partial charge is 0.387 e. The Balaban J connectivity index is 2.18. The van der Waals surface area contributed by atoms with Crippen molar-refractivity contribution in [2.75, 3.05) is 6.61 Å². The van der Waals surface area contributed by atoms with Crippen LogP contribution in [0.25, 0.3) is 0 Å². The first-order valence-corrected chi connectivity index (χ1v) is 4.89. The summed E-state index contributed by atoms with van der Waals surface area (Å²) in [6.07, 6.45) is 1.54. The molecule has 2 rings (SSSR count). The average molecular weight is 209 g/mol. The van der Waals surface area contributed by atoms with Crippen LogP contribution in [-0.4, -0.2) is 17.6 Å². The lowest BCUT2D eigenvalue weighted by Crippen LogP contribution is -2.29. The lowest BCUT2D eigenvalue weighted by Gasteiger charge is -2.12. The van der Waals surface area contributed by atoms with Crippen LogP contribution in [0.3, 0.4) is 0 Å². The monoisotopic (exact) mass is 209 g/mol. The van der Waals surface area contributed by atoms with Gasteiger partial charge in [0.25, 0.3) is 0 Å². The van der Waals surface area contributed by atoms with Gasteiger partial charge in [0.05, 0.1) is 6.04 Å². The third kappa shape index (κ3) is 1.99. The number of aliphatic hydroxyl groups excluding tert-OH is 1. The summed E-state index contributed by atoms with van der Waals surface area (Å²) in [5, 5.41) is 11.3. The second kappa shape index (κ2) is 3.98. The Morgan fingerprint density at radius 2 is 2.40 bits per heavy atom. The fourth-order valence-electron chi connectivity index (χ4n) is 1.98. The lowest BCUT2D eigenvalue weighted by molar-refractivity contribution is -0.124. The molecule has 0 heterocycles. The Hall–Kier alpha value is -1.42. The van der Waals surface area contributed by atoms with E-state index in [2.05, 4.69) is 5.32 Å². The van der Waals surface area contributed by atoms with Crippen molar-refractivity contribution in [1.29, 1.82) is 0 Å². The molecule has 1 atom stereocenters. The van der Waals surface area contributed by atoms with Crippen molar-refractivity contribution in [2.45, 2.75) is 18.9 Å². The molecule has 1 aliphatic carbocycles. The Morgan fingerprint density at radius 3 is 3.13 bits per heavy atom. The highest BCUT2D eigenvalue weighted by Gasteiger charge is 2.23. The van der Waals surface area contributed by atoms with E-state index in [1.165, 1.54) is 12.1 Å². The fraction of sp³-hybridized carbons (Fsp3) is 0.364. The number of fused-ring (bicyclic) bond motifs is 1. The van der Waals surface area contributed by atoms with Crippen molar-refractivity contribution < 1.29 is 14.3 Å². The molecule has 80 valence electrons. The number of hydrogen-bond donors (Lipinski definition) is 2. The summed E-state index contributed by atoms with van der Waals surface area (Å²) in [7, 11) is 0. The zero-order chi connectivity index (χ0) is 10.8. The average Bonchev–Trinajstić information content (AvgIpc) is 2.60. The van der Waals surface area contributed by atoms with Crippen LogP contribution in [0.1, 0.15) is 23.6 Å². The summed E-state index contributed by atoms with van der Waals surface area (Å²) in [4.78, 5) is 11.0. The second-order valence-electron chi connectivity index (χ2n) is 3.66. The molecule has 1 aromatic carbocycles. The third-order valence-electron chi connectivity index (χ3n) is 2.66. The van der Waals surface area contributed by atoms with Gasteiger partial charge >= 0.3 is 0 Å². The first-order chi connectivity index (χ1) is 7.20. The van der Waals surface area contributed by atoms with Crippen molar-refractivity contribution >= 4 is 5.91 Å². The van der Waals surface area contributed by atoms with Crippen LogP contribution in [0.15, 0.2) is 18.2 Å². The Morgan fingerprint density at radius 1 is 1.60 bits per heavy atom. The Kier molecular flexibility index (Phi) is 2.68. The van der Waals surface area contributed by atoms with Gasteiger partial charge in [-0.25, -0.2) is 4.39 Å². The van der Waals surface area contributed by atoms with Crippen LogP contribution in [0.5, 0.6) is 0 Å². The number of hydrogen-bond acceptors (Lipinski definition) is 2. The van der Waals surface area contributed by atoms with E-state index in [4.69, 9.17) is 5.11 Å². The number of carbonyl (C=O) groups is 1. The van der Waals surface area contributed by atoms with E-state index in [9.17, 15) is 9.18 Å². The highest BCUT2D eigenvalue weighted by Crippen LogP contribution is 2.31. The molecule has 15 heavy (non-hydrogen) atoms. The molecule has 1 aromatic rings. The number of rotatable bonds is 2. The second-order valence-corrected chi connectivity index (χ2v) is 3.66. The molecule has 0 bridgehead atoms. The standard InChI is InChI=1S/C11H12FNO2/c12-8-2-3-9-7(5-8)1-4-10(9)13-11(15)6-14/h2-3,5,10,14H,1,4,6H2,(H,13,15). The van der Waals surface area contributed by atoms with E-state index in [0.717, 1.165) is 24.0 Å². The van der Waals surface area contributed by atoms with Crippen molar-refractivity contribution in [3.8, 4) is 0 Å².